The summed E-state index contributed by atoms with van der Waals surface area (Å²) >= 11 is 11.5. The lowest BCUT2D eigenvalue weighted by molar-refractivity contribution is 0.0690. The van der Waals surface area contributed by atoms with Gasteiger partial charge >= 0.3 is 5.97 Å². The van der Waals surface area contributed by atoms with E-state index >= 15 is 0 Å². The summed E-state index contributed by atoms with van der Waals surface area (Å²) in [6.07, 6.45) is 1.16. The quantitative estimate of drug-likeness (QED) is 0.882. The largest absolute Gasteiger partial charge is 0.476 e. The van der Waals surface area contributed by atoms with Gasteiger partial charge in [-0.05, 0) is 18.2 Å². The summed E-state index contributed by atoms with van der Waals surface area (Å²) in [5.74, 6) is -1.50. The van der Waals surface area contributed by atoms with Crippen molar-refractivity contribution >= 4 is 39.0 Å². The Morgan fingerprint density at radius 3 is 2.57 bits per heavy atom. The number of hydrogen-bond donors (Lipinski definition) is 1. The van der Waals surface area contributed by atoms with Crippen LogP contribution in [0.2, 0.25) is 10.0 Å². The Morgan fingerprint density at radius 2 is 2.00 bits per heavy atom. The smallest absolute Gasteiger partial charge is 0.358 e. The summed E-state index contributed by atoms with van der Waals surface area (Å²) in [4.78, 5) is 10.7. The average molecular weight is 350 g/mol. The van der Waals surface area contributed by atoms with Crippen LogP contribution < -0.4 is 0 Å². The van der Waals surface area contributed by atoms with Gasteiger partial charge in [-0.25, -0.2) is 13.2 Å². The van der Waals surface area contributed by atoms with E-state index in [9.17, 15) is 13.2 Å². The van der Waals surface area contributed by atoms with Gasteiger partial charge in [0.2, 0.25) is 0 Å². The van der Waals surface area contributed by atoms with Gasteiger partial charge in [-0.15, -0.1) is 5.10 Å². The van der Waals surface area contributed by atoms with Gasteiger partial charge in [-0.3, -0.25) is 4.68 Å². The van der Waals surface area contributed by atoms with E-state index in [1.807, 2.05) is 0 Å². The van der Waals surface area contributed by atoms with Crippen molar-refractivity contribution in [2.45, 2.75) is 11.4 Å². The maximum absolute atomic E-state index is 12.1. The highest BCUT2D eigenvalue weighted by Crippen LogP contribution is 2.25. The third kappa shape index (κ3) is 3.72. The second-order valence-corrected chi connectivity index (χ2v) is 6.99. The molecule has 2 rings (SSSR count). The molecule has 0 atom stereocenters. The van der Waals surface area contributed by atoms with Crippen LogP contribution in [-0.2, 0) is 16.4 Å². The van der Waals surface area contributed by atoms with Gasteiger partial charge in [0, 0.05) is 0 Å². The third-order valence-corrected chi connectivity index (χ3v) is 5.03. The molecule has 0 radical (unpaired) electrons. The highest BCUT2D eigenvalue weighted by atomic mass is 35.5. The number of carbonyl (C=O) groups is 1. The molecule has 21 heavy (non-hydrogen) atoms. The number of rotatable bonds is 5. The molecular formula is C11H9Cl2N3O4S. The number of benzene rings is 1. The van der Waals surface area contributed by atoms with Crippen molar-refractivity contribution in [1.82, 2.24) is 15.0 Å². The molecule has 10 heteroatoms. The van der Waals surface area contributed by atoms with Crippen LogP contribution in [0, 0.1) is 0 Å². The summed E-state index contributed by atoms with van der Waals surface area (Å²) in [7, 11) is -3.59. The van der Waals surface area contributed by atoms with Crippen LogP contribution in [-0.4, -0.2) is 40.2 Å². The minimum absolute atomic E-state index is 0.0249. The first-order valence-electron chi connectivity index (χ1n) is 5.61. The molecule has 0 bridgehead atoms. The van der Waals surface area contributed by atoms with Crippen LogP contribution in [0.4, 0.5) is 0 Å². The molecule has 0 spiro atoms. The molecule has 2 aromatic rings. The third-order valence-electron chi connectivity index (χ3n) is 2.60. The molecule has 0 saturated heterocycles. The fourth-order valence-electron chi connectivity index (χ4n) is 1.51. The maximum Gasteiger partial charge on any atom is 0.358 e. The number of carboxylic acid groups (broad SMARTS) is 1. The number of carboxylic acids is 1. The molecule has 0 unspecified atom stereocenters. The van der Waals surface area contributed by atoms with Gasteiger partial charge in [0.15, 0.2) is 15.5 Å². The van der Waals surface area contributed by atoms with Gasteiger partial charge in [0.1, 0.15) is 0 Å². The predicted molar refractivity (Wildman–Crippen MR) is 75.5 cm³/mol. The number of sulfone groups is 1. The predicted octanol–water partition coefficient (Wildman–Crippen LogP) is 1.76. The summed E-state index contributed by atoms with van der Waals surface area (Å²) in [5, 5.41) is 16.0. The topological polar surface area (TPSA) is 102 Å². The van der Waals surface area contributed by atoms with E-state index in [1.165, 1.54) is 18.2 Å². The molecule has 1 aromatic heterocycles. The Labute approximate surface area is 130 Å². The van der Waals surface area contributed by atoms with Crippen LogP contribution in [0.3, 0.4) is 0 Å². The number of aromatic carboxylic acids is 1. The molecule has 0 aliphatic carbocycles. The lowest BCUT2D eigenvalue weighted by Crippen LogP contribution is -2.13. The summed E-state index contributed by atoms with van der Waals surface area (Å²) in [6.45, 7) is -0.0249. The first-order valence-corrected chi connectivity index (χ1v) is 8.01. The van der Waals surface area contributed by atoms with E-state index < -0.39 is 15.8 Å². The fraction of sp³-hybridized carbons (Fsp3) is 0.182. The van der Waals surface area contributed by atoms with Gasteiger partial charge in [0.05, 0.1) is 33.4 Å². The van der Waals surface area contributed by atoms with Crippen LogP contribution in [0.25, 0.3) is 0 Å². The fourth-order valence-corrected chi connectivity index (χ4v) is 3.11. The molecular weight excluding hydrogens is 341 g/mol. The maximum atomic E-state index is 12.1. The van der Waals surface area contributed by atoms with Crippen LogP contribution in [0.15, 0.2) is 29.3 Å². The monoisotopic (exact) mass is 349 g/mol. The summed E-state index contributed by atoms with van der Waals surface area (Å²) in [5.41, 5.74) is -0.248. The van der Waals surface area contributed by atoms with E-state index in [-0.39, 0.29) is 32.9 Å². The van der Waals surface area contributed by atoms with Crippen molar-refractivity contribution in [2.75, 3.05) is 5.75 Å². The number of nitrogens with zero attached hydrogens (tertiary/aromatic N) is 3. The normalized spacial score (nSPS) is 11.5. The Balaban J connectivity index is 2.13. The second kappa shape index (κ2) is 6.00. The molecule has 0 fully saturated rings. The van der Waals surface area contributed by atoms with Gasteiger partial charge in [-0.1, -0.05) is 28.4 Å². The van der Waals surface area contributed by atoms with E-state index in [0.717, 1.165) is 10.9 Å². The Bertz CT molecular complexity index is 789. The molecule has 0 amide bonds. The van der Waals surface area contributed by atoms with E-state index in [4.69, 9.17) is 28.3 Å². The van der Waals surface area contributed by atoms with Gasteiger partial charge in [-0.2, -0.15) is 0 Å². The van der Waals surface area contributed by atoms with E-state index in [1.54, 1.807) is 0 Å². The SMILES string of the molecule is O=C(O)c1cn(CCS(=O)(=O)c2ccc(Cl)c(Cl)c2)nn1. The van der Waals surface area contributed by atoms with Crippen molar-refractivity contribution in [3.8, 4) is 0 Å². The molecule has 0 saturated carbocycles. The molecule has 112 valence electrons. The molecule has 0 aliphatic rings. The Morgan fingerprint density at radius 1 is 1.29 bits per heavy atom. The highest BCUT2D eigenvalue weighted by Gasteiger charge is 2.17. The number of halogens is 2. The second-order valence-electron chi connectivity index (χ2n) is 4.07. The molecule has 7 nitrogen and oxygen atoms in total. The van der Waals surface area contributed by atoms with Crippen LogP contribution in [0.1, 0.15) is 10.5 Å². The summed E-state index contributed by atoms with van der Waals surface area (Å²) in [6, 6.07) is 4.02. The minimum atomic E-state index is -3.59. The first kappa shape index (κ1) is 15.7. The van der Waals surface area contributed by atoms with E-state index in [2.05, 4.69) is 10.3 Å². The molecule has 0 aliphatic heterocycles. The lowest BCUT2D eigenvalue weighted by atomic mass is 10.4. The van der Waals surface area contributed by atoms with Crippen molar-refractivity contribution in [3.05, 3.63) is 40.1 Å². The van der Waals surface area contributed by atoms with Gasteiger partial charge < -0.3 is 5.11 Å². The van der Waals surface area contributed by atoms with Crippen LogP contribution in [0.5, 0.6) is 0 Å². The van der Waals surface area contributed by atoms with Crippen molar-refractivity contribution < 1.29 is 18.3 Å². The van der Waals surface area contributed by atoms with Gasteiger partial charge in [0.25, 0.3) is 0 Å². The van der Waals surface area contributed by atoms with E-state index in [0.29, 0.717) is 0 Å². The minimum Gasteiger partial charge on any atom is -0.476 e. The first-order chi connectivity index (χ1) is 9.79. The zero-order valence-electron chi connectivity index (χ0n) is 10.4. The number of aromatic nitrogens is 3. The molecule has 1 aromatic carbocycles. The van der Waals surface area contributed by atoms with Crippen molar-refractivity contribution in [1.29, 1.82) is 0 Å². The molecule has 1 N–H and O–H groups in total. The Kier molecular flexibility index (Phi) is 4.50. The van der Waals surface area contributed by atoms with Crippen molar-refractivity contribution in [2.24, 2.45) is 0 Å². The lowest BCUT2D eigenvalue weighted by Gasteiger charge is -2.05. The standard InChI is InChI=1S/C11H9Cl2N3O4S/c12-8-2-1-7(5-9(8)13)21(19,20)4-3-16-6-10(11(17)18)14-15-16/h1-2,5-6H,3-4H2,(H,17,18). The van der Waals surface area contributed by atoms with Crippen LogP contribution >= 0.6 is 23.2 Å². The number of hydrogen-bond acceptors (Lipinski definition) is 5. The zero-order valence-corrected chi connectivity index (χ0v) is 12.7. The number of aryl methyl sites for hydroxylation is 1. The average Bonchev–Trinajstić information content (AvgIpc) is 2.89. The zero-order chi connectivity index (χ0) is 15.6. The summed E-state index contributed by atoms with van der Waals surface area (Å²) < 4.78 is 25.4. The highest BCUT2D eigenvalue weighted by molar-refractivity contribution is 7.91. The van der Waals surface area contributed by atoms with Crippen molar-refractivity contribution in [3.63, 3.8) is 0 Å². The Hall–Kier alpha value is -1.64. The molecule has 1 heterocycles.